The Balaban J connectivity index is 1.94. The van der Waals surface area contributed by atoms with Crippen LogP contribution in [0.4, 0.5) is 0 Å². The summed E-state index contributed by atoms with van der Waals surface area (Å²) in [5.74, 6) is -0.0747. The van der Waals surface area contributed by atoms with Crippen LogP contribution in [0.5, 0.6) is 0 Å². The Labute approximate surface area is 119 Å². The Morgan fingerprint density at radius 1 is 1.42 bits per heavy atom. The molecule has 0 aliphatic carbocycles. The van der Waals surface area contributed by atoms with Crippen LogP contribution in [0.25, 0.3) is 0 Å². The van der Waals surface area contributed by atoms with Crippen molar-refractivity contribution in [3.63, 3.8) is 0 Å². The van der Waals surface area contributed by atoms with E-state index in [9.17, 15) is 4.79 Å². The monoisotopic (exact) mass is 281 g/mol. The number of halogens is 1. The molecule has 0 spiro atoms. The highest BCUT2D eigenvalue weighted by Crippen LogP contribution is 2.32. The molecule has 0 amide bonds. The number of carbonyl (C=O) groups is 1. The van der Waals surface area contributed by atoms with Gasteiger partial charge in [-0.1, -0.05) is 37.1 Å². The maximum absolute atomic E-state index is 12.3. The molecule has 0 bridgehead atoms. The van der Waals surface area contributed by atoms with Crippen molar-refractivity contribution in [1.29, 1.82) is 0 Å². The molecule has 1 fully saturated rings. The number of carbonyl (C=O) groups excluding carboxylic acids is 1. The number of rotatable bonds is 5. The van der Waals surface area contributed by atoms with E-state index in [4.69, 9.17) is 16.3 Å². The molecule has 19 heavy (non-hydrogen) atoms. The Hall–Kier alpha value is -1.06. The molecule has 104 valence electrons. The lowest BCUT2D eigenvalue weighted by Gasteiger charge is -2.25. The van der Waals surface area contributed by atoms with Crippen LogP contribution in [-0.4, -0.2) is 19.1 Å². The van der Waals surface area contributed by atoms with Crippen LogP contribution in [-0.2, 0) is 16.1 Å². The van der Waals surface area contributed by atoms with E-state index in [1.807, 2.05) is 24.3 Å². The summed E-state index contributed by atoms with van der Waals surface area (Å²) >= 11 is 5.83. The number of hydrogen-bond acceptors (Lipinski definition) is 3. The Bertz CT molecular complexity index is 424. The van der Waals surface area contributed by atoms with E-state index in [0.29, 0.717) is 11.6 Å². The van der Waals surface area contributed by atoms with Crippen LogP contribution in [0.2, 0.25) is 5.02 Å². The van der Waals surface area contributed by atoms with Gasteiger partial charge in [-0.05, 0) is 37.1 Å². The van der Waals surface area contributed by atoms with Crippen LogP contribution >= 0.6 is 11.6 Å². The van der Waals surface area contributed by atoms with E-state index >= 15 is 0 Å². The molecule has 1 aromatic rings. The molecule has 0 saturated carbocycles. The topological polar surface area (TPSA) is 38.3 Å². The van der Waals surface area contributed by atoms with Gasteiger partial charge in [0.05, 0.1) is 5.41 Å². The first-order valence-corrected chi connectivity index (χ1v) is 7.16. The SMILES string of the molecule is CCCC1(C(=O)OCc2ccc(Cl)cc2)CCNC1. The number of esters is 1. The van der Waals surface area contributed by atoms with Crippen LogP contribution in [0.1, 0.15) is 31.7 Å². The molecular weight excluding hydrogens is 262 g/mol. The minimum atomic E-state index is -0.318. The van der Waals surface area contributed by atoms with Gasteiger partial charge in [-0.25, -0.2) is 0 Å². The second kappa shape index (κ2) is 6.40. The van der Waals surface area contributed by atoms with Crippen molar-refractivity contribution in [2.45, 2.75) is 32.8 Å². The molecule has 3 nitrogen and oxygen atoms in total. The molecular formula is C15H20ClNO2. The Morgan fingerprint density at radius 3 is 2.74 bits per heavy atom. The average molecular weight is 282 g/mol. The molecule has 0 radical (unpaired) electrons. The zero-order valence-electron chi connectivity index (χ0n) is 11.2. The summed E-state index contributed by atoms with van der Waals surface area (Å²) in [4.78, 5) is 12.3. The summed E-state index contributed by atoms with van der Waals surface area (Å²) in [5.41, 5.74) is 0.650. The largest absolute Gasteiger partial charge is 0.460 e. The summed E-state index contributed by atoms with van der Waals surface area (Å²) < 4.78 is 5.49. The fourth-order valence-electron chi connectivity index (χ4n) is 2.59. The molecule has 1 aliphatic heterocycles. The van der Waals surface area contributed by atoms with E-state index in [1.165, 1.54) is 0 Å². The van der Waals surface area contributed by atoms with Crippen molar-refractivity contribution in [3.8, 4) is 0 Å². The zero-order valence-corrected chi connectivity index (χ0v) is 12.0. The third kappa shape index (κ3) is 3.48. The second-order valence-electron chi connectivity index (χ2n) is 5.16. The van der Waals surface area contributed by atoms with Gasteiger partial charge in [-0.2, -0.15) is 0 Å². The third-order valence-corrected chi connectivity index (χ3v) is 3.94. The van der Waals surface area contributed by atoms with Crippen molar-refractivity contribution >= 4 is 17.6 Å². The molecule has 1 saturated heterocycles. The fourth-order valence-corrected chi connectivity index (χ4v) is 2.72. The molecule has 1 unspecified atom stereocenters. The normalized spacial score (nSPS) is 22.4. The van der Waals surface area contributed by atoms with Crippen molar-refractivity contribution < 1.29 is 9.53 Å². The summed E-state index contributed by atoms with van der Waals surface area (Å²) in [7, 11) is 0. The highest BCUT2D eigenvalue weighted by atomic mass is 35.5. The van der Waals surface area contributed by atoms with E-state index in [1.54, 1.807) is 0 Å². The van der Waals surface area contributed by atoms with Crippen molar-refractivity contribution in [2.75, 3.05) is 13.1 Å². The lowest BCUT2D eigenvalue weighted by molar-refractivity contribution is -0.156. The first kappa shape index (κ1) is 14.4. The summed E-state index contributed by atoms with van der Waals surface area (Å²) in [5, 5.41) is 3.96. The van der Waals surface area contributed by atoms with Crippen LogP contribution in [0.3, 0.4) is 0 Å². The van der Waals surface area contributed by atoms with Gasteiger partial charge < -0.3 is 10.1 Å². The van der Waals surface area contributed by atoms with Crippen LogP contribution in [0, 0.1) is 5.41 Å². The summed E-state index contributed by atoms with van der Waals surface area (Å²) in [6, 6.07) is 7.39. The van der Waals surface area contributed by atoms with Gasteiger partial charge in [0.15, 0.2) is 0 Å². The molecule has 2 rings (SSSR count). The molecule has 1 heterocycles. The van der Waals surface area contributed by atoms with E-state index in [-0.39, 0.29) is 11.4 Å². The molecule has 1 atom stereocenters. The Morgan fingerprint density at radius 2 is 2.16 bits per heavy atom. The third-order valence-electron chi connectivity index (χ3n) is 3.69. The first-order chi connectivity index (χ1) is 9.16. The second-order valence-corrected chi connectivity index (χ2v) is 5.60. The molecule has 4 heteroatoms. The number of benzene rings is 1. The van der Waals surface area contributed by atoms with E-state index in [0.717, 1.165) is 37.9 Å². The minimum absolute atomic E-state index is 0.0747. The highest BCUT2D eigenvalue weighted by Gasteiger charge is 2.41. The smallest absolute Gasteiger partial charge is 0.313 e. The summed E-state index contributed by atoms with van der Waals surface area (Å²) in [6.45, 7) is 4.06. The lowest BCUT2D eigenvalue weighted by Crippen LogP contribution is -2.35. The zero-order chi connectivity index (χ0) is 13.7. The van der Waals surface area contributed by atoms with Crippen LogP contribution < -0.4 is 5.32 Å². The molecule has 1 N–H and O–H groups in total. The van der Waals surface area contributed by atoms with Gasteiger partial charge >= 0.3 is 5.97 Å². The quantitative estimate of drug-likeness (QED) is 0.843. The van der Waals surface area contributed by atoms with E-state index < -0.39 is 0 Å². The van der Waals surface area contributed by atoms with E-state index in [2.05, 4.69) is 12.2 Å². The minimum Gasteiger partial charge on any atom is -0.460 e. The average Bonchev–Trinajstić information content (AvgIpc) is 2.88. The first-order valence-electron chi connectivity index (χ1n) is 6.79. The van der Waals surface area contributed by atoms with Crippen molar-refractivity contribution in [3.05, 3.63) is 34.9 Å². The maximum Gasteiger partial charge on any atom is 0.313 e. The van der Waals surface area contributed by atoms with Crippen molar-refractivity contribution in [1.82, 2.24) is 5.32 Å². The molecule has 1 aliphatic rings. The molecule has 1 aromatic carbocycles. The van der Waals surface area contributed by atoms with Gasteiger partial charge in [-0.15, -0.1) is 0 Å². The van der Waals surface area contributed by atoms with Gasteiger partial charge in [0.1, 0.15) is 6.61 Å². The predicted molar refractivity (Wildman–Crippen MR) is 76.1 cm³/mol. The maximum atomic E-state index is 12.3. The predicted octanol–water partition coefficient (Wildman–Crippen LogP) is 3.16. The van der Waals surface area contributed by atoms with Crippen LogP contribution in [0.15, 0.2) is 24.3 Å². The van der Waals surface area contributed by atoms with Gasteiger partial charge in [0, 0.05) is 11.6 Å². The lowest BCUT2D eigenvalue weighted by atomic mass is 9.82. The standard InChI is InChI=1S/C15H20ClNO2/c1-2-7-15(8-9-17-11-15)14(18)19-10-12-3-5-13(16)6-4-12/h3-6,17H,2,7-11H2,1H3. The number of ether oxygens (including phenoxy) is 1. The van der Waals surface area contributed by atoms with Gasteiger partial charge in [0.2, 0.25) is 0 Å². The Kier molecular flexibility index (Phi) is 4.83. The molecule has 0 aromatic heterocycles. The van der Waals surface area contributed by atoms with Gasteiger partial charge in [0.25, 0.3) is 0 Å². The van der Waals surface area contributed by atoms with Crippen molar-refractivity contribution in [2.24, 2.45) is 5.41 Å². The van der Waals surface area contributed by atoms with Gasteiger partial charge in [-0.3, -0.25) is 4.79 Å². The number of hydrogen-bond donors (Lipinski definition) is 1. The summed E-state index contributed by atoms with van der Waals surface area (Å²) in [6.07, 6.45) is 2.76. The highest BCUT2D eigenvalue weighted by molar-refractivity contribution is 6.30. The number of nitrogens with one attached hydrogen (secondary N) is 1. The fraction of sp³-hybridized carbons (Fsp3) is 0.533.